The Morgan fingerprint density at radius 2 is 2.00 bits per heavy atom. The predicted octanol–water partition coefficient (Wildman–Crippen LogP) is 1.73. The van der Waals surface area contributed by atoms with Gasteiger partial charge in [-0.05, 0) is 33.6 Å². The highest BCUT2D eigenvalue weighted by Crippen LogP contribution is 2.21. The summed E-state index contributed by atoms with van der Waals surface area (Å²) in [6.45, 7) is 5.61. The Morgan fingerprint density at radius 3 is 2.70 bits per heavy atom. The minimum atomic E-state index is -0.322. The van der Waals surface area contributed by atoms with E-state index < -0.39 is 0 Å². The van der Waals surface area contributed by atoms with Gasteiger partial charge in [-0.15, -0.1) is 0 Å². The van der Waals surface area contributed by atoms with E-state index in [9.17, 15) is 9.90 Å². The molecule has 0 aromatic carbocycles. The molecule has 0 saturated heterocycles. The molecular weight excluding hydrogens is 254 g/mol. The largest absolute Gasteiger partial charge is 0.392 e. The lowest BCUT2D eigenvalue weighted by Gasteiger charge is -2.26. The SMILES string of the molecule is Cc1nc(C)c(C(C)NC2CCCCCC2O)c(=O)[nH]1. The van der Waals surface area contributed by atoms with Gasteiger partial charge in [0.1, 0.15) is 5.82 Å². The van der Waals surface area contributed by atoms with Gasteiger partial charge in [0.15, 0.2) is 0 Å². The van der Waals surface area contributed by atoms with Crippen molar-refractivity contribution in [1.82, 2.24) is 15.3 Å². The topological polar surface area (TPSA) is 78.0 Å². The van der Waals surface area contributed by atoms with E-state index in [2.05, 4.69) is 15.3 Å². The Labute approximate surface area is 119 Å². The van der Waals surface area contributed by atoms with E-state index in [4.69, 9.17) is 0 Å². The van der Waals surface area contributed by atoms with Gasteiger partial charge < -0.3 is 15.4 Å². The first-order valence-electron chi connectivity index (χ1n) is 7.50. The zero-order valence-electron chi connectivity index (χ0n) is 12.6. The van der Waals surface area contributed by atoms with Crippen LogP contribution in [0.4, 0.5) is 0 Å². The van der Waals surface area contributed by atoms with E-state index in [1.54, 1.807) is 6.92 Å². The third-order valence-corrected chi connectivity index (χ3v) is 4.14. The van der Waals surface area contributed by atoms with Crippen LogP contribution in [0.3, 0.4) is 0 Å². The second-order valence-corrected chi connectivity index (χ2v) is 5.85. The minimum absolute atomic E-state index is 0.0626. The normalized spacial score (nSPS) is 25.2. The molecule has 0 amide bonds. The summed E-state index contributed by atoms with van der Waals surface area (Å²) in [6, 6.07) is -0.0443. The van der Waals surface area contributed by atoms with Crippen LogP contribution in [-0.4, -0.2) is 27.2 Å². The predicted molar refractivity (Wildman–Crippen MR) is 78.8 cm³/mol. The standard InChI is InChI=1S/C15H25N3O2/c1-9-14(15(20)18-11(3)16-9)10(2)17-12-7-5-4-6-8-13(12)19/h10,12-13,17,19H,4-8H2,1-3H3,(H,16,18,20). The van der Waals surface area contributed by atoms with Crippen molar-refractivity contribution in [1.29, 1.82) is 0 Å². The number of aliphatic hydroxyl groups is 1. The number of aromatic amines is 1. The lowest BCUT2D eigenvalue weighted by molar-refractivity contribution is 0.114. The molecule has 0 spiro atoms. The first-order chi connectivity index (χ1) is 9.49. The molecule has 1 aromatic heterocycles. The Hall–Kier alpha value is -1.20. The average Bonchev–Trinajstić information content (AvgIpc) is 2.53. The Morgan fingerprint density at radius 1 is 1.30 bits per heavy atom. The van der Waals surface area contributed by atoms with E-state index in [0.29, 0.717) is 11.4 Å². The highest BCUT2D eigenvalue weighted by molar-refractivity contribution is 5.20. The molecule has 2 rings (SSSR count). The second kappa shape index (κ2) is 6.50. The number of hydrogen-bond donors (Lipinski definition) is 3. The number of aliphatic hydroxyl groups excluding tert-OH is 1. The van der Waals surface area contributed by atoms with Crippen LogP contribution in [0.2, 0.25) is 0 Å². The quantitative estimate of drug-likeness (QED) is 0.736. The van der Waals surface area contributed by atoms with Gasteiger partial charge in [0.05, 0.1) is 11.7 Å². The van der Waals surface area contributed by atoms with Crippen LogP contribution in [0, 0.1) is 13.8 Å². The zero-order valence-corrected chi connectivity index (χ0v) is 12.6. The van der Waals surface area contributed by atoms with Crippen LogP contribution in [-0.2, 0) is 0 Å². The number of nitrogens with one attached hydrogen (secondary N) is 2. The summed E-state index contributed by atoms with van der Waals surface area (Å²) in [5, 5.41) is 13.6. The van der Waals surface area contributed by atoms with Crippen molar-refractivity contribution < 1.29 is 5.11 Å². The molecule has 5 nitrogen and oxygen atoms in total. The van der Waals surface area contributed by atoms with Crippen molar-refractivity contribution >= 4 is 0 Å². The van der Waals surface area contributed by atoms with Crippen molar-refractivity contribution in [2.45, 2.75) is 71.1 Å². The van der Waals surface area contributed by atoms with Crippen LogP contribution in [0.5, 0.6) is 0 Å². The number of rotatable bonds is 3. The summed E-state index contributed by atoms with van der Waals surface area (Å²) >= 11 is 0. The van der Waals surface area contributed by atoms with Gasteiger partial charge in [-0.3, -0.25) is 4.79 Å². The zero-order chi connectivity index (χ0) is 14.7. The van der Waals surface area contributed by atoms with Crippen LogP contribution in [0.1, 0.15) is 62.2 Å². The maximum atomic E-state index is 12.1. The third-order valence-electron chi connectivity index (χ3n) is 4.14. The summed E-state index contributed by atoms with van der Waals surface area (Å²) in [7, 11) is 0. The molecule has 1 heterocycles. The van der Waals surface area contributed by atoms with Crippen LogP contribution >= 0.6 is 0 Å². The maximum Gasteiger partial charge on any atom is 0.255 e. The van der Waals surface area contributed by atoms with Crippen LogP contribution < -0.4 is 10.9 Å². The van der Waals surface area contributed by atoms with Crippen molar-refractivity contribution in [2.75, 3.05) is 0 Å². The molecule has 1 saturated carbocycles. The molecule has 0 bridgehead atoms. The molecule has 20 heavy (non-hydrogen) atoms. The molecule has 1 aromatic rings. The van der Waals surface area contributed by atoms with Gasteiger partial charge in [-0.2, -0.15) is 0 Å². The fourth-order valence-corrected chi connectivity index (χ4v) is 3.13. The van der Waals surface area contributed by atoms with E-state index >= 15 is 0 Å². The number of aryl methyl sites for hydroxylation is 2. The molecule has 0 radical (unpaired) electrons. The van der Waals surface area contributed by atoms with E-state index in [1.165, 1.54) is 6.42 Å². The fourth-order valence-electron chi connectivity index (χ4n) is 3.13. The van der Waals surface area contributed by atoms with E-state index in [1.807, 2.05) is 13.8 Å². The highest BCUT2D eigenvalue weighted by atomic mass is 16.3. The molecule has 5 heteroatoms. The van der Waals surface area contributed by atoms with Crippen molar-refractivity contribution in [3.05, 3.63) is 27.4 Å². The number of H-pyrrole nitrogens is 1. The van der Waals surface area contributed by atoms with Gasteiger partial charge in [0.25, 0.3) is 5.56 Å². The lowest BCUT2D eigenvalue weighted by atomic mass is 10.0. The summed E-state index contributed by atoms with van der Waals surface area (Å²) in [6.07, 6.45) is 4.86. The van der Waals surface area contributed by atoms with Crippen LogP contribution in [0.25, 0.3) is 0 Å². The fraction of sp³-hybridized carbons (Fsp3) is 0.733. The monoisotopic (exact) mass is 279 g/mol. The smallest absolute Gasteiger partial charge is 0.255 e. The summed E-state index contributed by atoms with van der Waals surface area (Å²) in [5.41, 5.74) is 1.35. The molecular formula is C15H25N3O2. The van der Waals surface area contributed by atoms with Gasteiger partial charge in [0.2, 0.25) is 0 Å². The van der Waals surface area contributed by atoms with E-state index in [-0.39, 0.29) is 23.7 Å². The van der Waals surface area contributed by atoms with Gasteiger partial charge in [-0.25, -0.2) is 4.98 Å². The van der Waals surface area contributed by atoms with Gasteiger partial charge in [0, 0.05) is 17.8 Å². The van der Waals surface area contributed by atoms with Crippen molar-refractivity contribution in [3.8, 4) is 0 Å². The summed E-state index contributed by atoms with van der Waals surface area (Å²) in [4.78, 5) is 19.2. The first-order valence-corrected chi connectivity index (χ1v) is 7.50. The van der Waals surface area contributed by atoms with Gasteiger partial charge >= 0.3 is 0 Å². The average molecular weight is 279 g/mol. The number of hydrogen-bond acceptors (Lipinski definition) is 4. The molecule has 3 atom stereocenters. The third kappa shape index (κ3) is 3.46. The molecule has 1 aliphatic rings. The Kier molecular flexibility index (Phi) is 4.94. The first kappa shape index (κ1) is 15.2. The van der Waals surface area contributed by atoms with Crippen molar-refractivity contribution in [3.63, 3.8) is 0 Å². The Bertz CT molecular complexity index is 512. The molecule has 3 unspecified atom stereocenters. The summed E-state index contributed by atoms with van der Waals surface area (Å²) in [5.74, 6) is 0.637. The summed E-state index contributed by atoms with van der Waals surface area (Å²) < 4.78 is 0. The Balaban J connectivity index is 2.15. The maximum absolute atomic E-state index is 12.1. The minimum Gasteiger partial charge on any atom is -0.392 e. The lowest BCUT2D eigenvalue weighted by Crippen LogP contribution is -2.42. The highest BCUT2D eigenvalue weighted by Gasteiger charge is 2.25. The van der Waals surface area contributed by atoms with Gasteiger partial charge in [-0.1, -0.05) is 19.3 Å². The molecule has 3 N–H and O–H groups in total. The molecule has 112 valence electrons. The number of aromatic nitrogens is 2. The molecule has 0 aliphatic heterocycles. The van der Waals surface area contributed by atoms with Crippen LogP contribution in [0.15, 0.2) is 4.79 Å². The molecule has 1 fully saturated rings. The van der Waals surface area contributed by atoms with E-state index in [0.717, 1.165) is 31.4 Å². The number of nitrogens with zero attached hydrogens (tertiary/aromatic N) is 1. The second-order valence-electron chi connectivity index (χ2n) is 5.85. The molecule has 1 aliphatic carbocycles. The van der Waals surface area contributed by atoms with Crippen molar-refractivity contribution in [2.24, 2.45) is 0 Å².